The van der Waals surface area contributed by atoms with E-state index in [2.05, 4.69) is 87.9 Å². The number of hydrogen-bond donors (Lipinski definition) is 0. The van der Waals surface area contributed by atoms with Crippen molar-refractivity contribution in [2.24, 2.45) is 0 Å². The third kappa shape index (κ3) is 2.35. The van der Waals surface area contributed by atoms with Gasteiger partial charge in [0.25, 0.3) is 0 Å². The first-order valence-electron chi connectivity index (χ1n) is 8.09. The minimum Gasteiger partial charge on any atom is -0.320 e. The monoisotopic (exact) mass is 291 g/mol. The summed E-state index contributed by atoms with van der Waals surface area (Å²) in [7, 11) is 0. The predicted octanol–water partition coefficient (Wildman–Crippen LogP) is 6.12. The molecular formula is C21H25N. The Morgan fingerprint density at radius 2 is 1.77 bits per heavy atom. The lowest BCUT2D eigenvalue weighted by atomic mass is 9.83. The van der Waals surface area contributed by atoms with E-state index in [1.165, 1.54) is 33.7 Å². The molecule has 2 aromatic rings. The van der Waals surface area contributed by atoms with Gasteiger partial charge in [-0.05, 0) is 54.2 Å². The second-order valence-electron chi connectivity index (χ2n) is 7.04. The molecule has 1 aromatic heterocycles. The van der Waals surface area contributed by atoms with Crippen LogP contribution in [-0.4, -0.2) is 4.57 Å². The Morgan fingerprint density at radius 3 is 2.41 bits per heavy atom. The van der Waals surface area contributed by atoms with Crippen molar-refractivity contribution in [3.8, 4) is 11.3 Å². The van der Waals surface area contributed by atoms with Gasteiger partial charge in [0.15, 0.2) is 0 Å². The molecule has 1 aliphatic rings. The number of allylic oxidation sites excluding steroid dienone is 4. The number of hydrogen-bond acceptors (Lipinski definition) is 0. The molecule has 0 spiro atoms. The van der Waals surface area contributed by atoms with Gasteiger partial charge in [0.05, 0.1) is 5.69 Å². The van der Waals surface area contributed by atoms with Crippen LogP contribution in [0.4, 0.5) is 0 Å². The highest BCUT2D eigenvalue weighted by Crippen LogP contribution is 2.40. The van der Waals surface area contributed by atoms with Crippen molar-refractivity contribution in [1.82, 2.24) is 4.57 Å². The normalized spacial score (nSPS) is 18.2. The lowest BCUT2D eigenvalue weighted by Gasteiger charge is -2.21. The van der Waals surface area contributed by atoms with Gasteiger partial charge >= 0.3 is 0 Å². The molecule has 0 saturated heterocycles. The van der Waals surface area contributed by atoms with Gasteiger partial charge in [-0.15, -0.1) is 0 Å². The summed E-state index contributed by atoms with van der Waals surface area (Å²) in [6.07, 6.45) is 7.64. The SMILES string of the molecule is C/C=C1/C/C(=C/C)n2cccc2-c2cc(C(C)(C)C)ccc21. The molecule has 2 heterocycles. The fourth-order valence-electron chi connectivity index (χ4n) is 3.23. The minimum absolute atomic E-state index is 0.165. The van der Waals surface area contributed by atoms with Crippen LogP contribution in [0.2, 0.25) is 0 Å². The molecule has 0 N–H and O–H groups in total. The molecule has 1 heteroatoms. The molecule has 0 amide bonds. The second-order valence-corrected chi connectivity index (χ2v) is 7.04. The van der Waals surface area contributed by atoms with E-state index in [-0.39, 0.29) is 5.41 Å². The average molecular weight is 291 g/mol. The Labute approximate surface area is 134 Å². The second kappa shape index (κ2) is 5.31. The third-order valence-electron chi connectivity index (χ3n) is 4.62. The first-order valence-corrected chi connectivity index (χ1v) is 8.09. The number of aromatic nitrogens is 1. The van der Waals surface area contributed by atoms with E-state index in [1.807, 2.05) is 0 Å². The number of rotatable bonds is 0. The van der Waals surface area contributed by atoms with Crippen molar-refractivity contribution < 1.29 is 0 Å². The summed E-state index contributed by atoms with van der Waals surface area (Å²) in [6.45, 7) is 11.1. The van der Waals surface area contributed by atoms with E-state index in [0.29, 0.717) is 0 Å². The molecule has 22 heavy (non-hydrogen) atoms. The summed E-state index contributed by atoms with van der Waals surface area (Å²) in [6, 6.07) is 11.3. The predicted molar refractivity (Wildman–Crippen MR) is 96.8 cm³/mol. The average Bonchev–Trinajstić information content (AvgIpc) is 2.92. The van der Waals surface area contributed by atoms with Crippen LogP contribution in [0.3, 0.4) is 0 Å². The molecule has 0 atom stereocenters. The van der Waals surface area contributed by atoms with Gasteiger partial charge in [-0.1, -0.05) is 45.1 Å². The van der Waals surface area contributed by atoms with Gasteiger partial charge in [0.2, 0.25) is 0 Å². The summed E-state index contributed by atoms with van der Waals surface area (Å²) in [5, 5.41) is 0. The van der Waals surface area contributed by atoms with Gasteiger partial charge in [-0.25, -0.2) is 0 Å². The zero-order valence-electron chi connectivity index (χ0n) is 14.3. The lowest BCUT2D eigenvalue weighted by Crippen LogP contribution is -2.11. The van der Waals surface area contributed by atoms with E-state index < -0.39 is 0 Å². The molecule has 3 rings (SSSR count). The number of fused-ring (bicyclic) bond motifs is 3. The lowest BCUT2D eigenvalue weighted by molar-refractivity contribution is 0.590. The Kier molecular flexibility index (Phi) is 3.60. The van der Waals surface area contributed by atoms with Crippen molar-refractivity contribution in [3.05, 3.63) is 59.8 Å². The Hall–Kier alpha value is -2.02. The molecule has 0 aliphatic carbocycles. The number of nitrogens with zero attached hydrogens (tertiary/aromatic N) is 1. The Morgan fingerprint density at radius 1 is 1.00 bits per heavy atom. The van der Waals surface area contributed by atoms with Crippen LogP contribution in [-0.2, 0) is 5.41 Å². The molecule has 0 bridgehead atoms. The van der Waals surface area contributed by atoms with Gasteiger partial charge in [0, 0.05) is 23.9 Å². The van der Waals surface area contributed by atoms with Crippen molar-refractivity contribution >= 4 is 11.3 Å². The van der Waals surface area contributed by atoms with E-state index >= 15 is 0 Å². The van der Waals surface area contributed by atoms with Crippen molar-refractivity contribution in [1.29, 1.82) is 0 Å². The fourth-order valence-corrected chi connectivity index (χ4v) is 3.23. The highest BCUT2D eigenvalue weighted by atomic mass is 15.0. The molecule has 0 fully saturated rings. The number of benzene rings is 1. The molecule has 1 aliphatic heterocycles. The summed E-state index contributed by atoms with van der Waals surface area (Å²) >= 11 is 0. The van der Waals surface area contributed by atoms with E-state index in [1.54, 1.807) is 0 Å². The topological polar surface area (TPSA) is 4.93 Å². The van der Waals surface area contributed by atoms with E-state index in [4.69, 9.17) is 0 Å². The zero-order chi connectivity index (χ0) is 15.9. The maximum atomic E-state index is 2.38. The van der Waals surface area contributed by atoms with Crippen LogP contribution < -0.4 is 0 Å². The zero-order valence-corrected chi connectivity index (χ0v) is 14.3. The largest absolute Gasteiger partial charge is 0.320 e. The quantitative estimate of drug-likeness (QED) is 0.551. The summed E-state index contributed by atoms with van der Waals surface area (Å²) in [5.41, 5.74) is 8.33. The molecule has 0 saturated carbocycles. The molecule has 0 unspecified atom stereocenters. The molecule has 1 nitrogen and oxygen atoms in total. The smallest absolute Gasteiger partial charge is 0.0531 e. The highest BCUT2D eigenvalue weighted by molar-refractivity contribution is 5.88. The Balaban J connectivity index is 2.32. The third-order valence-corrected chi connectivity index (χ3v) is 4.62. The molecule has 114 valence electrons. The maximum Gasteiger partial charge on any atom is 0.0531 e. The minimum atomic E-state index is 0.165. The first kappa shape index (κ1) is 14.9. The summed E-state index contributed by atoms with van der Waals surface area (Å²) in [5.74, 6) is 0. The van der Waals surface area contributed by atoms with Crippen LogP contribution in [0, 0.1) is 0 Å². The van der Waals surface area contributed by atoms with Crippen molar-refractivity contribution in [3.63, 3.8) is 0 Å². The van der Waals surface area contributed by atoms with E-state index in [9.17, 15) is 0 Å². The Bertz CT molecular complexity index is 763. The van der Waals surface area contributed by atoms with Gasteiger partial charge in [-0.2, -0.15) is 0 Å². The van der Waals surface area contributed by atoms with Crippen LogP contribution in [0.1, 0.15) is 52.2 Å². The van der Waals surface area contributed by atoms with E-state index in [0.717, 1.165) is 6.42 Å². The molecular weight excluding hydrogens is 266 g/mol. The van der Waals surface area contributed by atoms with Gasteiger partial charge in [-0.3, -0.25) is 0 Å². The van der Waals surface area contributed by atoms with Gasteiger partial charge < -0.3 is 4.57 Å². The standard InChI is InChI=1S/C21H25N/c1-6-15-13-17(7-2)22-12-8-9-20(22)19-14-16(21(3,4)5)10-11-18(15)19/h6-12,14H,13H2,1-5H3/b15-6-,17-7-. The molecule has 0 radical (unpaired) electrons. The fraction of sp³-hybridized carbons (Fsp3) is 0.333. The van der Waals surface area contributed by atoms with Crippen LogP contribution in [0.25, 0.3) is 22.5 Å². The van der Waals surface area contributed by atoms with Crippen LogP contribution >= 0.6 is 0 Å². The summed E-state index contributed by atoms with van der Waals surface area (Å²) in [4.78, 5) is 0. The summed E-state index contributed by atoms with van der Waals surface area (Å²) < 4.78 is 2.34. The van der Waals surface area contributed by atoms with Crippen molar-refractivity contribution in [2.75, 3.05) is 0 Å². The van der Waals surface area contributed by atoms with Crippen molar-refractivity contribution in [2.45, 2.75) is 46.5 Å². The van der Waals surface area contributed by atoms with Crippen LogP contribution in [0.5, 0.6) is 0 Å². The highest BCUT2D eigenvalue weighted by Gasteiger charge is 2.22. The molecule has 1 aromatic carbocycles. The maximum absolute atomic E-state index is 2.38. The first-order chi connectivity index (χ1) is 10.5. The van der Waals surface area contributed by atoms with Gasteiger partial charge in [0.1, 0.15) is 0 Å². The van der Waals surface area contributed by atoms with Crippen LogP contribution in [0.15, 0.2) is 48.7 Å².